The van der Waals surface area contributed by atoms with E-state index >= 15 is 0 Å². The monoisotopic (exact) mass is 381 g/mol. The average molecular weight is 382 g/mol. The van der Waals surface area contributed by atoms with Gasteiger partial charge < -0.3 is 14.4 Å². The molecule has 130 valence electrons. The summed E-state index contributed by atoms with van der Waals surface area (Å²) >= 11 is 12.3. The lowest BCUT2D eigenvalue weighted by Gasteiger charge is -2.23. The van der Waals surface area contributed by atoms with Crippen molar-refractivity contribution < 1.29 is 18.7 Å². The molecule has 0 saturated heterocycles. The van der Waals surface area contributed by atoms with E-state index in [1.807, 2.05) is 0 Å². The van der Waals surface area contributed by atoms with Crippen molar-refractivity contribution in [3.05, 3.63) is 57.3 Å². The number of halogens is 3. The average Bonchev–Trinajstić information content (AvgIpc) is 3.30. The maximum absolute atomic E-state index is 14.1. The van der Waals surface area contributed by atoms with Gasteiger partial charge in [0.2, 0.25) is 6.79 Å². The van der Waals surface area contributed by atoms with Crippen molar-refractivity contribution in [2.75, 3.05) is 6.79 Å². The van der Waals surface area contributed by atoms with E-state index in [-0.39, 0.29) is 25.3 Å². The molecule has 25 heavy (non-hydrogen) atoms. The predicted octanol–water partition coefficient (Wildman–Crippen LogP) is 4.67. The molecule has 1 saturated carbocycles. The highest BCUT2D eigenvalue weighted by atomic mass is 35.5. The van der Waals surface area contributed by atoms with E-state index in [0.29, 0.717) is 32.7 Å². The zero-order valence-electron chi connectivity index (χ0n) is 13.1. The van der Waals surface area contributed by atoms with Crippen LogP contribution in [0.25, 0.3) is 0 Å². The molecule has 0 unspecified atom stereocenters. The molecule has 2 aromatic rings. The number of amides is 1. The molecular formula is C18H14Cl2FNO3. The van der Waals surface area contributed by atoms with Gasteiger partial charge in [-0.1, -0.05) is 29.3 Å². The Morgan fingerprint density at radius 2 is 2.00 bits per heavy atom. The zero-order chi connectivity index (χ0) is 17.6. The van der Waals surface area contributed by atoms with Crippen LogP contribution in [0.3, 0.4) is 0 Å². The Kier molecular flexibility index (Phi) is 4.21. The summed E-state index contributed by atoms with van der Waals surface area (Å²) < 4.78 is 24.7. The summed E-state index contributed by atoms with van der Waals surface area (Å²) in [6.07, 6.45) is 1.77. The van der Waals surface area contributed by atoms with Crippen LogP contribution < -0.4 is 9.47 Å². The van der Waals surface area contributed by atoms with Crippen LogP contribution in [0.2, 0.25) is 10.0 Å². The second-order valence-electron chi connectivity index (χ2n) is 6.06. The number of hydrogen-bond donors (Lipinski definition) is 0. The second kappa shape index (κ2) is 6.39. The van der Waals surface area contributed by atoms with Crippen LogP contribution in [-0.4, -0.2) is 23.6 Å². The van der Waals surface area contributed by atoms with Gasteiger partial charge in [-0.3, -0.25) is 4.79 Å². The molecule has 4 nitrogen and oxygen atoms in total. The fourth-order valence-electron chi connectivity index (χ4n) is 2.86. The Balaban J connectivity index is 1.66. The number of nitrogens with zero attached hydrogens (tertiary/aromatic N) is 1. The highest BCUT2D eigenvalue weighted by molar-refractivity contribution is 6.32. The van der Waals surface area contributed by atoms with Crippen molar-refractivity contribution in [3.63, 3.8) is 0 Å². The minimum absolute atomic E-state index is 0.0733. The zero-order valence-corrected chi connectivity index (χ0v) is 14.6. The molecule has 4 rings (SSSR count). The van der Waals surface area contributed by atoms with E-state index in [2.05, 4.69) is 0 Å². The van der Waals surface area contributed by atoms with Gasteiger partial charge in [0.05, 0.1) is 11.6 Å². The lowest BCUT2D eigenvalue weighted by Crippen LogP contribution is -2.33. The Labute approximate surface area is 154 Å². The molecule has 1 heterocycles. The standard InChI is InChI=1S/C18H14Cl2FNO3/c19-13-2-1-3-15(21)12(13)8-22(11-4-5-11)18(23)10-6-14(20)17-16(7-10)24-9-25-17/h1-3,6-7,11H,4-5,8-9H2. The van der Waals surface area contributed by atoms with Crippen LogP contribution >= 0.6 is 23.2 Å². The number of carbonyl (C=O) groups excluding carboxylic acids is 1. The SMILES string of the molecule is O=C(c1cc(Cl)c2c(c1)OCO2)N(Cc1c(F)cccc1Cl)C1CC1. The van der Waals surface area contributed by atoms with Gasteiger partial charge >= 0.3 is 0 Å². The Morgan fingerprint density at radius 3 is 2.72 bits per heavy atom. The van der Waals surface area contributed by atoms with Crippen LogP contribution in [0.4, 0.5) is 4.39 Å². The minimum Gasteiger partial charge on any atom is -0.454 e. The summed E-state index contributed by atoms with van der Waals surface area (Å²) in [5.41, 5.74) is 0.699. The first-order valence-electron chi connectivity index (χ1n) is 7.87. The number of fused-ring (bicyclic) bond motifs is 1. The van der Waals surface area contributed by atoms with Gasteiger partial charge in [0.1, 0.15) is 5.82 Å². The molecule has 2 aliphatic rings. The van der Waals surface area contributed by atoms with Crippen LogP contribution in [0.5, 0.6) is 11.5 Å². The van der Waals surface area contributed by atoms with Gasteiger partial charge in [0.15, 0.2) is 11.5 Å². The number of carbonyl (C=O) groups is 1. The minimum atomic E-state index is -0.422. The molecule has 0 N–H and O–H groups in total. The molecule has 0 aromatic heterocycles. The normalized spacial score (nSPS) is 15.3. The number of rotatable bonds is 4. The first-order valence-corrected chi connectivity index (χ1v) is 8.63. The molecule has 7 heteroatoms. The topological polar surface area (TPSA) is 38.8 Å². The molecule has 1 aliphatic carbocycles. The lowest BCUT2D eigenvalue weighted by atomic mass is 10.1. The highest BCUT2D eigenvalue weighted by Gasteiger charge is 2.35. The van der Waals surface area contributed by atoms with Gasteiger partial charge in [-0.2, -0.15) is 0 Å². The first kappa shape index (κ1) is 16.5. The summed E-state index contributed by atoms with van der Waals surface area (Å²) in [4.78, 5) is 14.6. The van der Waals surface area contributed by atoms with Crippen LogP contribution in [-0.2, 0) is 6.54 Å². The predicted molar refractivity (Wildman–Crippen MR) is 91.9 cm³/mol. The second-order valence-corrected chi connectivity index (χ2v) is 6.87. The summed E-state index contributed by atoms with van der Waals surface area (Å²) in [6, 6.07) is 7.74. The van der Waals surface area contributed by atoms with Crippen LogP contribution in [0, 0.1) is 5.82 Å². The molecule has 0 spiro atoms. The maximum atomic E-state index is 14.1. The third kappa shape index (κ3) is 3.14. The lowest BCUT2D eigenvalue weighted by molar-refractivity contribution is 0.0728. The van der Waals surface area contributed by atoms with Crippen molar-refractivity contribution in [3.8, 4) is 11.5 Å². The molecule has 1 amide bonds. The number of hydrogen-bond acceptors (Lipinski definition) is 3. The third-order valence-electron chi connectivity index (χ3n) is 4.31. The number of ether oxygens (including phenoxy) is 2. The van der Waals surface area contributed by atoms with Gasteiger partial charge in [-0.15, -0.1) is 0 Å². The molecule has 0 atom stereocenters. The fraction of sp³-hybridized carbons (Fsp3) is 0.278. The summed E-state index contributed by atoms with van der Waals surface area (Å²) in [5, 5.41) is 0.625. The van der Waals surface area contributed by atoms with Gasteiger partial charge in [-0.05, 0) is 37.1 Å². The van der Waals surface area contributed by atoms with Gasteiger partial charge in [0, 0.05) is 22.2 Å². The van der Waals surface area contributed by atoms with Crippen LogP contribution in [0.15, 0.2) is 30.3 Å². The van der Waals surface area contributed by atoms with Crippen molar-refractivity contribution in [2.45, 2.75) is 25.4 Å². The van der Waals surface area contributed by atoms with E-state index < -0.39 is 5.82 Å². The highest BCUT2D eigenvalue weighted by Crippen LogP contribution is 2.41. The van der Waals surface area contributed by atoms with Gasteiger partial charge in [-0.25, -0.2) is 4.39 Å². The molecule has 0 bridgehead atoms. The quantitative estimate of drug-likeness (QED) is 0.772. The van der Waals surface area contributed by atoms with E-state index in [0.717, 1.165) is 12.8 Å². The van der Waals surface area contributed by atoms with Crippen LogP contribution in [0.1, 0.15) is 28.8 Å². The Hall–Kier alpha value is -1.98. The first-order chi connectivity index (χ1) is 12.0. The Morgan fingerprint density at radius 1 is 1.20 bits per heavy atom. The summed E-state index contributed by atoms with van der Waals surface area (Å²) in [6.45, 7) is 0.185. The van der Waals surface area contributed by atoms with Crippen molar-refractivity contribution in [1.29, 1.82) is 0 Å². The molecule has 0 radical (unpaired) electrons. The summed E-state index contributed by atoms with van der Waals surface area (Å²) in [5.74, 6) is 0.223. The largest absolute Gasteiger partial charge is 0.454 e. The van der Waals surface area contributed by atoms with E-state index in [9.17, 15) is 9.18 Å². The summed E-state index contributed by atoms with van der Waals surface area (Å²) in [7, 11) is 0. The molecule has 2 aromatic carbocycles. The van der Waals surface area contributed by atoms with E-state index in [1.165, 1.54) is 6.07 Å². The van der Waals surface area contributed by atoms with Crippen molar-refractivity contribution in [1.82, 2.24) is 4.90 Å². The number of benzene rings is 2. The third-order valence-corrected chi connectivity index (χ3v) is 4.95. The van der Waals surface area contributed by atoms with E-state index in [1.54, 1.807) is 29.2 Å². The molecule has 1 aliphatic heterocycles. The smallest absolute Gasteiger partial charge is 0.254 e. The van der Waals surface area contributed by atoms with Crippen molar-refractivity contribution in [2.24, 2.45) is 0 Å². The molecular weight excluding hydrogens is 368 g/mol. The Bertz CT molecular complexity index is 834. The maximum Gasteiger partial charge on any atom is 0.254 e. The fourth-order valence-corrected chi connectivity index (χ4v) is 3.35. The van der Waals surface area contributed by atoms with Gasteiger partial charge in [0.25, 0.3) is 5.91 Å². The van der Waals surface area contributed by atoms with E-state index in [4.69, 9.17) is 32.7 Å². The van der Waals surface area contributed by atoms with Crippen molar-refractivity contribution >= 4 is 29.1 Å². The molecule has 1 fully saturated rings.